The molecule has 0 radical (unpaired) electrons. The molecule has 1 aliphatic carbocycles. The van der Waals surface area contributed by atoms with Crippen LogP contribution in [0.5, 0.6) is 34.5 Å². The molecular weight excluding hydrogens is 572 g/mol. The second-order valence-electron chi connectivity index (χ2n) is 10.7. The molecule has 0 unspecified atom stereocenters. The van der Waals surface area contributed by atoms with Crippen LogP contribution in [0, 0.1) is 0 Å². The lowest BCUT2D eigenvalue weighted by atomic mass is 9.75. The molecule has 8 heteroatoms. The molecule has 0 aliphatic heterocycles. The van der Waals surface area contributed by atoms with E-state index < -0.39 is 5.92 Å². The van der Waals surface area contributed by atoms with Gasteiger partial charge >= 0.3 is 0 Å². The van der Waals surface area contributed by atoms with Crippen molar-refractivity contribution in [2.75, 3.05) is 42.7 Å². The Hall–Kier alpha value is -4.98. The van der Waals surface area contributed by atoms with Crippen molar-refractivity contribution in [3.63, 3.8) is 0 Å². The minimum absolute atomic E-state index is 0.0213. The van der Waals surface area contributed by atoms with Crippen molar-refractivity contribution in [2.24, 2.45) is 0 Å². The molecule has 0 heterocycles. The first kappa shape index (κ1) is 32.9. The van der Waals surface area contributed by atoms with Crippen molar-refractivity contribution in [1.29, 1.82) is 0 Å². The number of ketones is 2. The summed E-state index contributed by atoms with van der Waals surface area (Å²) in [5.41, 5.74) is 4.31. The summed E-state index contributed by atoms with van der Waals surface area (Å²) in [4.78, 5) is 24.0. The third-order valence-corrected chi connectivity index (χ3v) is 7.86. The monoisotopic (exact) mass is 612 g/mol. The molecule has 236 valence electrons. The summed E-state index contributed by atoms with van der Waals surface area (Å²) in [6.07, 6.45) is 0. The summed E-state index contributed by atoms with van der Waals surface area (Å²) in [5.74, 6) is 3.02. The maximum atomic E-state index is 14.6. The van der Waals surface area contributed by atoms with Gasteiger partial charge in [0.2, 0.25) is 0 Å². The predicted molar refractivity (Wildman–Crippen MR) is 173 cm³/mol. The van der Waals surface area contributed by atoms with Crippen LogP contribution < -0.4 is 28.4 Å². The molecule has 8 nitrogen and oxygen atoms in total. The highest BCUT2D eigenvalue weighted by molar-refractivity contribution is 6.03. The number of ether oxygens (including phenoxy) is 6. The van der Waals surface area contributed by atoms with Gasteiger partial charge in [-0.05, 0) is 85.1 Å². The summed E-state index contributed by atoms with van der Waals surface area (Å²) in [5, 5.41) is 0. The normalized spacial score (nSPS) is 16.4. The number of carbonyl (C=O) groups excluding carboxylic acids is 2. The van der Waals surface area contributed by atoms with Crippen molar-refractivity contribution in [3.05, 3.63) is 107 Å². The highest BCUT2D eigenvalue weighted by Gasteiger charge is 2.48. The highest BCUT2D eigenvalue weighted by Crippen LogP contribution is 2.59. The van der Waals surface area contributed by atoms with Crippen LogP contribution in [0.1, 0.15) is 64.2 Å². The SMILES string of the molecule is CC(C)=O.COc1ccc(C(=O)[C@@H]2c3cc(OC)cc(OC)c3[C@@H](c3ccc(OC)cc3)[C@@H]2c2cc(OC)cc(OC)c2)cc1. The molecule has 0 N–H and O–H groups in total. The van der Waals surface area contributed by atoms with Gasteiger partial charge in [-0.1, -0.05) is 12.1 Å². The van der Waals surface area contributed by atoms with Crippen LogP contribution in [0.25, 0.3) is 0 Å². The Morgan fingerprint density at radius 3 is 1.47 bits per heavy atom. The summed E-state index contributed by atoms with van der Waals surface area (Å²) >= 11 is 0. The van der Waals surface area contributed by atoms with Gasteiger partial charge in [0.05, 0.1) is 48.6 Å². The van der Waals surface area contributed by atoms with E-state index in [0.29, 0.717) is 34.3 Å². The van der Waals surface area contributed by atoms with Gasteiger partial charge in [0, 0.05) is 35.1 Å². The number of Topliss-reactive ketones (excluding diaryl/α,β-unsaturated/α-hetero) is 2. The zero-order valence-corrected chi connectivity index (χ0v) is 27.0. The van der Waals surface area contributed by atoms with Gasteiger partial charge < -0.3 is 33.2 Å². The van der Waals surface area contributed by atoms with E-state index in [1.807, 2.05) is 66.7 Å². The van der Waals surface area contributed by atoms with E-state index in [1.54, 1.807) is 54.8 Å². The quantitative estimate of drug-likeness (QED) is 0.173. The molecule has 0 bridgehead atoms. The lowest BCUT2D eigenvalue weighted by Crippen LogP contribution is -2.20. The van der Waals surface area contributed by atoms with E-state index in [9.17, 15) is 9.59 Å². The van der Waals surface area contributed by atoms with E-state index in [-0.39, 0.29) is 23.4 Å². The Labute approximate surface area is 264 Å². The molecule has 3 atom stereocenters. The largest absolute Gasteiger partial charge is 0.497 e. The Morgan fingerprint density at radius 2 is 1.00 bits per heavy atom. The summed E-state index contributed by atoms with van der Waals surface area (Å²) in [7, 11) is 9.75. The van der Waals surface area contributed by atoms with E-state index in [2.05, 4.69) is 0 Å². The van der Waals surface area contributed by atoms with Gasteiger partial charge in [-0.25, -0.2) is 0 Å². The first-order chi connectivity index (χ1) is 21.7. The molecule has 0 saturated heterocycles. The van der Waals surface area contributed by atoms with Crippen molar-refractivity contribution in [2.45, 2.75) is 31.6 Å². The van der Waals surface area contributed by atoms with Crippen LogP contribution in [0.15, 0.2) is 78.9 Å². The van der Waals surface area contributed by atoms with Crippen molar-refractivity contribution < 1.29 is 38.0 Å². The fourth-order valence-electron chi connectivity index (χ4n) is 5.90. The van der Waals surface area contributed by atoms with Gasteiger partial charge in [0.15, 0.2) is 5.78 Å². The number of hydrogen-bond donors (Lipinski definition) is 0. The lowest BCUT2D eigenvalue weighted by Gasteiger charge is -2.27. The second kappa shape index (κ2) is 14.7. The van der Waals surface area contributed by atoms with Gasteiger partial charge in [0.1, 0.15) is 40.3 Å². The molecule has 0 amide bonds. The molecule has 0 saturated carbocycles. The molecule has 4 aromatic rings. The molecule has 45 heavy (non-hydrogen) atoms. The minimum atomic E-state index is -0.564. The summed E-state index contributed by atoms with van der Waals surface area (Å²) < 4.78 is 33.7. The first-order valence-electron chi connectivity index (χ1n) is 14.5. The van der Waals surface area contributed by atoms with Crippen LogP contribution in [0.4, 0.5) is 0 Å². The topological polar surface area (TPSA) is 89.5 Å². The van der Waals surface area contributed by atoms with Crippen LogP contribution in [-0.2, 0) is 4.79 Å². The zero-order chi connectivity index (χ0) is 32.7. The third-order valence-electron chi connectivity index (χ3n) is 7.86. The molecule has 4 aromatic carbocycles. The number of benzene rings is 4. The standard InChI is InChI=1S/C34H34O7.C3H6O/c1-36-23-11-7-20(8-12-23)30-31(22-15-25(38-3)17-26(16-22)39-4)33(34(35)21-9-13-24(37-2)14-10-21)28-18-27(40-5)19-29(41-6)32(28)30;1-3(2)4/h7-19,30-31,33H,1-6H3;1-2H3/t30-,31-,33+;/m0./s1. The number of methoxy groups -OCH3 is 6. The number of carbonyl (C=O) groups is 2. The smallest absolute Gasteiger partial charge is 0.170 e. The number of fused-ring (bicyclic) bond motifs is 1. The molecule has 5 rings (SSSR count). The maximum Gasteiger partial charge on any atom is 0.170 e. The van der Waals surface area contributed by atoms with Gasteiger partial charge in [0.25, 0.3) is 0 Å². The average Bonchev–Trinajstić information content (AvgIpc) is 3.42. The van der Waals surface area contributed by atoms with Gasteiger partial charge in [-0.15, -0.1) is 0 Å². The fourth-order valence-corrected chi connectivity index (χ4v) is 5.90. The van der Waals surface area contributed by atoms with Crippen molar-refractivity contribution in [1.82, 2.24) is 0 Å². The molecule has 0 spiro atoms. The summed E-state index contributed by atoms with van der Waals surface area (Å²) in [6, 6.07) is 24.8. The Bertz CT molecular complexity index is 1600. The average molecular weight is 613 g/mol. The van der Waals surface area contributed by atoms with E-state index >= 15 is 0 Å². The molecule has 0 fully saturated rings. The predicted octanol–water partition coefficient (Wildman–Crippen LogP) is 7.23. The Balaban J connectivity index is 0.00000109. The van der Waals surface area contributed by atoms with E-state index in [4.69, 9.17) is 28.4 Å². The second-order valence-corrected chi connectivity index (χ2v) is 10.7. The summed E-state index contributed by atoms with van der Waals surface area (Å²) in [6.45, 7) is 3.06. The molecule has 0 aromatic heterocycles. The fraction of sp³-hybridized carbons (Fsp3) is 0.297. The Kier molecular flexibility index (Phi) is 10.7. The van der Waals surface area contributed by atoms with Crippen molar-refractivity contribution in [3.8, 4) is 34.5 Å². The maximum absolute atomic E-state index is 14.6. The number of hydrogen-bond acceptors (Lipinski definition) is 8. The van der Waals surface area contributed by atoms with Crippen LogP contribution in [0.3, 0.4) is 0 Å². The third kappa shape index (κ3) is 7.06. The lowest BCUT2D eigenvalue weighted by molar-refractivity contribution is -0.115. The molecule has 1 aliphatic rings. The van der Waals surface area contributed by atoms with Crippen LogP contribution in [-0.4, -0.2) is 54.2 Å². The van der Waals surface area contributed by atoms with Gasteiger partial charge in [-0.2, -0.15) is 0 Å². The first-order valence-corrected chi connectivity index (χ1v) is 14.5. The van der Waals surface area contributed by atoms with Crippen LogP contribution in [0.2, 0.25) is 0 Å². The number of rotatable bonds is 10. The Morgan fingerprint density at radius 1 is 0.533 bits per heavy atom. The van der Waals surface area contributed by atoms with Crippen LogP contribution >= 0.6 is 0 Å². The van der Waals surface area contributed by atoms with E-state index in [1.165, 1.54) is 13.8 Å². The highest BCUT2D eigenvalue weighted by atomic mass is 16.5. The minimum Gasteiger partial charge on any atom is -0.497 e. The molecular formula is C37H40O8. The van der Waals surface area contributed by atoms with Crippen molar-refractivity contribution >= 4 is 11.6 Å². The van der Waals surface area contributed by atoms with Gasteiger partial charge in [-0.3, -0.25) is 4.79 Å². The zero-order valence-electron chi connectivity index (χ0n) is 27.0. The van der Waals surface area contributed by atoms with E-state index in [0.717, 1.165) is 28.0 Å².